The average Bonchev–Trinajstić information content (AvgIpc) is 2.66. The molecule has 0 bridgehead atoms. The van der Waals surface area contributed by atoms with E-state index < -0.39 is 0 Å². The largest absolute Gasteiger partial charge is 0.494 e. The van der Waals surface area contributed by atoms with Crippen LogP contribution in [0.1, 0.15) is 31.9 Å². The van der Waals surface area contributed by atoms with Crippen LogP contribution < -0.4 is 10.1 Å². The number of rotatable bonds is 3. The Labute approximate surface area is 91.6 Å². The standard InChI is InChI=1S/C13H19NO/c1-3-15-12-6-4-5-11(8-12)13-7-10(2)9-14-13/h4-6,8,10,13-14H,3,7,9H2,1-2H3/t10-,13+/m0/s1. The van der Waals surface area contributed by atoms with Crippen molar-refractivity contribution in [3.05, 3.63) is 29.8 Å². The molecule has 0 amide bonds. The number of nitrogens with one attached hydrogen (secondary N) is 1. The van der Waals surface area contributed by atoms with Gasteiger partial charge >= 0.3 is 0 Å². The molecule has 1 aliphatic rings. The van der Waals surface area contributed by atoms with E-state index in [4.69, 9.17) is 4.74 Å². The summed E-state index contributed by atoms with van der Waals surface area (Å²) < 4.78 is 5.51. The summed E-state index contributed by atoms with van der Waals surface area (Å²) in [4.78, 5) is 0. The third-order valence-electron chi connectivity index (χ3n) is 2.92. The highest BCUT2D eigenvalue weighted by Gasteiger charge is 2.21. The molecule has 2 nitrogen and oxygen atoms in total. The van der Waals surface area contributed by atoms with Crippen molar-refractivity contribution in [3.8, 4) is 5.75 Å². The summed E-state index contributed by atoms with van der Waals surface area (Å²) in [7, 11) is 0. The second-order valence-corrected chi connectivity index (χ2v) is 4.31. The normalized spacial score (nSPS) is 25.5. The Hall–Kier alpha value is -1.02. The Kier molecular flexibility index (Phi) is 3.27. The van der Waals surface area contributed by atoms with E-state index in [-0.39, 0.29) is 0 Å². The minimum Gasteiger partial charge on any atom is -0.494 e. The second-order valence-electron chi connectivity index (χ2n) is 4.31. The molecule has 1 aromatic rings. The molecule has 2 heteroatoms. The highest BCUT2D eigenvalue weighted by Crippen LogP contribution is 2.28. The van der Waals surface area contributed by atoms with E-state index in [0.29, 0.717) is 6.04 Å². The fraction of sp³-hybridized carbons (Fsp3) is 0.538. The quantitative estimate of drug-likeness (QED) is 0.819. The lowest BCUT2D eigenvalue weighted by Gasteiger charge is -2.12. The SMILES string of the molecule is CCOc1cccc([C@H]2C[C@H](C)CN2)c1. The van der Waals surface area contributed by atoms with Crippen LogP contribution in [0, 0.1) is 5.92 Å². The van der Waals surface area contributed by atoms with Crippen LogP contribution in [-0.2, 0) is 0 Å². The van der Waals surface area contributed by atoms with Crippen LogP contribution in [0.3, 0.4) is 0 Å². The summed E-state index contributed by atoms with van der Waals surface area (Å²) in [5, 5.41) is 3.54. The zero-order chi connectivity index (χ0) is 10.7. The van der Waals surface area contributed by atoms with Crippen LogP contribution in [0.15, 0.2) is 24.3 Å². The molecule has 0 radical (unpaired) electrons. The van der Waals surface area contributed by atoms with Crippen LogP contribution in [0.2, 0.25) is 0 Å². The summed E-state index contributed by atoms with van der Waals surface area (Å²) in [5.41, 5.74) is 1.35. The topological polar surface area (TPSA) is 21.3 Å². The summed E-state index contributed by atoms with van der Waals surface area (Å²) >= 11 is 0. The van der Waals surface area contributed by atoms with Crippen molar-refractivity contribution in [1.82, 2.24) is 5.32 Å². The Morgan fingerprint density at radius 3 is 3.00 bits per heavy atom. The monoisotopic (exact) mass is 205 g/mol. The molecule has 0 aromatic heterocycles. The van der Waals surface area contributed by atoms with Gasteiger partial charge in [-0.05, 0) is 43.5 Å². The third kappa shape index (κ3) is 2.51. The molecule has 0 spiro atoms. The maximum Gasteiger partial charge on any atom is 0.119 e. The first-order valence-corrected chi connectivity index (χ1v) is 5.75. The molecule has 0 saturated carbocycles. The van der Waals surface area contributed by atoms with Crippen molar-refractivity contribution in [2.75, 3.05) is 13.2 Å². The lowest BCUT2D eigenvalue weighted by molar-refractivity contribution is 0.339. The van der Waals surface area contributed by atoms with Crippen LogP contribution in [0.5, 0.6) is 5.75 Å². The van der Waals surface area contributed by atoms with Crippen molar-refractivity contribution >= 4 is 0 Å². The van der Waals surface area contributed by atoms with Gasteiger partial charge in [0.25, 0.3) is 0 Å². The second kappa shape index (κ2) is 4.67. The minimum absolute atomic E-state index is 0.514. The van der Waals surface area contributed by atoms with Crippen LogP contribution in [-0.4, -0.2) is 13.2 Å². The molecule has 1 saturated heterocycles. The molecular weight excluding hydrogens is 186 g/mol. The fourth-order valence-electron chi connectivity index (χ4n) is 2.15. The van der Waals surface area contributed by atoms with E-state index in [1.165, 1.54) is 12.0 Å². The Bertz CT molecular complexity index is 324. The molecule has 82 valence electrons. The van der Waals surface area contributed by atoms with Gasteiger partial charge in [-0.15, -0.1) is 0 Å². The Morgan fingerprint density at radius 2 is 2.33 bits per heavy atom. The van der Waals surface area contributed by atoms with E-state index in [0.717, 1.165) is 24.8 Å². The van der Waals surface area contributed by atoms with Crippen LogP contribution in [0.25, 0.3) is 0 Å². The summed E-state index contributed by atoms with van der Waals surface area (Å²) in [6.45, 7) is 6.17. The molecule has 0 unspecified atom stereocenters. The molecule has 2 rings (SSSR count). The Morgan fingerprint density at radius 1 is 1.47 bits per heavy atom. The zero-order valence-corrected chi connectivity index (χ0v) is 9.49. The number of ether oxygens (including phenoxy) is 1. The van der Waals surface area contributed by atoms with E-state index in [1.54, 1.807) is 0 Å². The fourth-order valence-corrected chi connectivity index (χ4v) is 2.15. The summed E-state index contributed by atoms with van der Waals surface area (Å²) in [5.74, 6) is 1.77. The molecular formula is C13H19NO. The summed E-state index contributed by atoms with van der Waals surface area (Å²) in [6, 6.07) is 8.94. The number of hydrogen-bond donors (Lipinski definition) is 1. The Balaban J connectivity index is 2.10. The van der Waals surface area contributed by atoms with Crippen molar-refractivity contribution in [2.24, 2.45) is 5.92 Å². The molecule has 0 aliphatic carbocycles. The van der Waals surface area contributed by atoms with Crippen LogP contribution in [0.4, 0.5) is 0 Å². The van der Waals surface area contributed by atoms with E-state index >= 15 is 0 Å². The predicted octanol–water partition coefficient (Wildman–Crippen LogP) is 2.76. The first kappa shape index (κ1) is 10.5. The van der Waals surface area contributed by atoms with Gasteiger partial charge in [-0.3, -0.25) is 0 Å². The molecule has 1 aliphatic heterocycles. The number of benzene rings is 1. The first-order valence-electron chi connectivity index (χ1n) is 5.75. The van der Waals surface area contributed by atoms with Gasteiger partial charge < -0.3 is 10.1 Å². The van der Waals surface area contributed by atoms with Gasteiger partial charge in [0.2, 0.25) is 0 Å². The average molecular weight is 205 g/mol. The maximum atomic E-state index is 5.51. The van der Waals surface area contributed by atoms with E-state index in [2.05, 4.69) is 30.4 Å². The lowest BCUT2D eigenvalue weighted by Crippen LogP contribution is -2.13. The lowest BCUT2D eigenvalue weighted by atomic mass is 10.0. The number of hydrogen-bond acceptors (Lipinski definition) is 2. The molecule has 2 atom stereocenters. The van der Waals surface area contributed by atoms with Crippen LogP contribution >= 0.6 is 0 Å². The molecule has 1 aromatic carbocycles. The van der Waals surface area contributed by atoms with Crippen molar-refractivity contribution < 1.29 is 4.74 Å². The van der Waals surface area contributed by atoms with Gasteiger partial charge in [-0.1, -0.05) is 19.1 Å². The molecule has 15 heavy (non-hydrogen) atoms. The molecule has 1 N–H and O–H groups in total. The van der Waals surface area contributed by atoms with Gasteiger partial charge in [-0.2, -0.15) is 0 Å². The highest BCUT2D eigenvalue weighted by molar-refractivity contribution is 5.31. The van der Waals surface area contributed by atoms with Crippen molar-refractivity contribution in [2.45, 2.75) is 26.3 Å². The minimum atomic E-state index is 0.514. The van der Waals surface area contributed by atoms with Gasteiger partial charge in [0.05, 0.1) is 6.61 Å². The van der Waals surface area contributed by atoms with E-state index in [9.17, 15) is 0 Å². The van der Waals surface area contributed by atoms with Gasteiger partial charge in [0.15, 0.2) is 0 Å². The maximum absolute atomic E-state index is 5.51. The van der Waals surface area contributed by atoms with Crippen molar-refractivity contribution in [3.63, 3.8) is 0 Å². The van der Waals surface area contributed by atoms with Gasteiger partial charge in [0.1, 0.15) is 5.75 Å². The highest BCUT2D eigenvalue weighted by atomic mass is 16.5. The smallest absolute Gasteiger partial charge is 0.119 e. The zero-order valence-electron chi connectivity index (χ0n) is 9.49. The first-order chi connectivity index (χ1) is 7.29. The third-order valence-corrected chi connectivity index (χ3v) is 2.92. The molecule has 1 heterocycles. The van der Waals surface area contributed by atoms with Gasteiger partial charge in [0, 0.05) is 6.04 Å². The molecule has 1 fully saturated rings. The van der Waals surface area contributed by atoms with E-state index in [1.807, 2.05) is 13.0 Å². The van der Waals surface area contributed by atoms with Gasteiger partial charge in [-0.25, -0.2) is 0 Å². The summed E-state index contributed by atoms with van der Waals surface area (Å²) in [6.07, 6.45) is 1.23. The predicted molar refractivity (Wildman–Crippen MR) is 62.1 cm³/mol. The van der Waals surface area contributed by atoms with Crippen molar-refractivity contribution in [1.29, 1.82) is 0 Å².